The summed E-state index contributed by atoms with van der Waals surface area (Å²) in [6.07, 6.45) is -14.3. The van der Waals surface area contributed by atoms with Crippen LogP contribution in [-0.2, 0) is 33.2 Å². The number of aliphatic hydroxyl groups is 12. The summed E-state index contributed by atoms with van der Waals surface area (Å²) >= 11 is 0. The van der Waals surface area contributed by atoms with Gasteiger partial charge in [0, 0.05) is 12.3 Å². The number of hydrogen-bond acceptors (Lipinski definition) is 19. The lowest BCUT2D eigenvalue weighted by Crippen LogP contribution is -2.64. The summed E-state index contributed by atoms with van der Waals surface area (Å²) in [5, 5.41) is 125. The molecule has 26 atom stereocenters. The topological polar surface area (TPSA) is 307 Å². The molecule has 0 aromatic heterocycles. The van der Waals surface area contributed by atoms with E-state index in [-0.39, 0.29) is 47.4 Å². The molecule has 0 aromatic rings. The lowest BCUT2D eigenvalue weighted by Gasteiger charge is -2.58. The fourth-order valence-electron chi connectivity index (χ4n) is 13.3. The van der Waals surface area contributed by atoms with E-state index in [2.05, 4.69) is 26.8 Å². The molecule has 19 heteroatoms. The van der Waals surface area contributed by atoms with Crippen LogP contribution in [0.15, 0.2) is 11.6 Å². The normalized spacial score (nSPS) is 55.0. The van der Waals surface area contributed by atoms with Crippen molar-refractivity contribution in [1.82, 2.24) is 0 Å². The maximum atomic E-state index is 12.0. The van der Waals surface area contributed by atoms with E-state index in [4.69, 9.17) is 33.2 Å². The third kappa shape index (κ3) is 8.50. The molecule has 4 saturated heterocycles. The van der Waals surface area contributed by atoms with Crippen LogP contribution in [0.2, 0.25) is 0 Å². The van der Waals surface area contributed by atoms with E-state index in [1.165, 1.54) is 5.57 Å². The summed E-state index contributed by atoms with van der Waals surface area (Å²) in [5.41, 5.74) is 1.16. The van der Waals surface area contributed by atoms with Crippen LogP contribution in [-0.4, -0.2) is 191 Å². The maximum absolute atomic E-state index is 12.0. The molecular formula is C44H72O19. The quantitative estimate of drug-likeness (QED) is 0.0952. The number of allylic oxidation sites excluding steroid dienone is 1. The first-order valence-corrected chi connectivity index (χ1v) is 23.1. The molecule has 4 aliphatic carbocycles. The summed E-state index contributed by atoms with van der Waals surface area (Å²) in [4.78, 5) is 0. The fourth-order valence-corrected chi connectivity index (χ4v) is 13.3. The van der Waals surface area contributed by atoms with Crippen LogP contribution in [0, 0.1) is 46.3 Å². The first kappa shape index (κ1) is 48.4. The highest BCUT2D eigenvalue weighted by Crippen LogP contribution is 2.70. The molecule has 12 N–H and O–H groups in total. The van der Waals surface area contributed by atoms with Crippen molar-refractivity contribution < 1.29 is 94.4 Å². The van der Waals surface area contributed by atoms with Crippen molar-refractivity contribution in [3.63, 3.8) is 0 Å². The predicted octanol–water partition coefficient (Wildman–Crippen LogP) is -1.90. The second-order valence-corrected chi connectivity index (χ2v) is 20.7. The highest BCUT2D eigenvalue weighted by molar-refractivity contribution is 5.26. The third-order valence-corrected chi connectivity index (χ3v) is 17.1. The summed E-state index contributed by atoms with van der Waals surface area (Å²) in [7, 11) is 0. The molecule has 3 saturated carbocycles. The van der Waals surface area contributed by atoms with Gasteiger partial charge in [0.15, 0.2) is 30.9 Å². The van der Waals surface area contributed by atoms with Crippen molar-refractivity contribution >= 4 is 0 Å². The Labute approximate surface area is 367 Å². The van der Waals surface area contributed by atoms with Gasteiger partial charge >= 0.3 is 0 Å². The van der Waals surface area contributed by atoms with Crippen molar-refractivity contribution in [2.45, 2.75) is 196 Å². The predicted molar refractivity (Wildman–Crippen MR) is 214 cm³/mol. The largest absolute Gasteiger partial charge is 0.394 e. The molecule has 8 rings (SSSR count). The summed E-state index contributed by atoms with van der Waals surface area (Å²) in [6.45, 7) is 7.81. The van der Waals surface area contributed by atoms with Crippen molar-refractivity contribution in [1.29, 1.82) is 0 Å². The molecule has 0 aromatic carbocycles. The number of ether oxygens (including phenoxy) is 7. The van der Waals surface area contributed by atoms with Gasteiger partial charge in [0.2, 0.25) is 0 Å². The monoisotopic (exact) mass is 904 g/mol. The molecule has 4 aliphatic heterocycles. The van der Waals surface area contributed by atoms with Gasteiger partial charge in [-0.1, -0.05) is 39.3 Å². The van der Waals surface area contributed by atoms with E-state index < -0.39 is 111 Å². The lowest BCUT2D eigenvalue weighted by atomic mass is 9.47. The van der Waals surface area contributed by atoms with Crippen molar-refractivity contribution in [3.8, 4) is 0 Å². The fraction of sp³-hybridized carbons (Fsp3) is 0.955. The minimum Gasteiger partial charge on any atom is -0.394 e. The Hall–Kier alpha value is -1.02. The van der Waals surface area contributed by atoms with Crippen LogP contribution in [0.25, 0.3) is 0 Å². The summed E-state index contributed by atoms with van der Waals surface area (Å²) < 4.78 is 41.3. The van der Waals surface area contributed by atoms with Gasteiger partial charge in [-0.05, 0) is 91.8 Å². The number of rotatable bonds is 12. The van der Waals surface area contributed by atoms with Gasteiger partial charge < -0.3 is 94.4 Å². The smallest absolute Gasteiger partial charge is 0.189 e. The molecule has 63 heavy (non-hydrogen) atoms. The highest BCUT2D eigenvalue weighted by atomic mass is 16.8. The molecular weight excluding hydrogens is 832 g/mol. The molecule has 8 aliphatic rings. The molecule has 0 radical (unpaired) electrons. The molecule has 9 unspecified atom stereocenters. The minimum atomic E-state index is -1.89. The number of aliphatic hydroxyl groups excluding tert-OH is 11. The van der Waals surface area contributed by atoms with Gasteiger partial charge in [-0.2, -0.15) is 0 Å². The van der Waals surface area contributed by atoms with Crippen molar-refractivity contribution in [2.24, 2.45) is 46.3 Å². The zero-order valence-corrected chi connectivity index (χ0v) is 36.6. The highest BCUT2D eigenvalue weighted by Gasteiger charge is 2.68. The van der Waals surface area contributed by atoms with Crippen LogP contribution in [0.4, 0.5) is 0 Å². The average molecular weight is 905 g/mol. The van der Waals surface area contributed by atoms with Crippen LogP contribution in [0.1, 0.15) is 85.5 Å². The van der Waals surface area contributed by atoms with Crippen LogP contribution in [0.3, 0.4) is 0 Å². The molecule has 19 nitrogen and oxygen atoms in total. The molecule has 0 amide bonds. The van der Waals surface area contributed by atoms with Gasteiger partial charge in [0.1, 0.15) is 67.1 Å². The van der Waals surface area contributed by atoms with Gasteiger partial charge in [0.05, 0.1) is 32.0 Å². The van der Waals surface area contributed by atoms with Gasteiger partial charge in [-0.15, -0.1) is 0 Å². The Morgan fingerprint density at radius 1 is 0.746 bits per heavy atom. The van der Waals surface area contributed by atoms with E-state index >= 15 is 0 Å². The lowest BCUT2D eigenvalue weighted by molar-refractivity contribution is -0.388. The second kappa shape index (κ2) is 18.5. The first-order valence-electron chi connectivity index (χ1n) is 23.1. The standard InChI is InChI=1S/C44H72O19/c1-18(17-57-39-35(53)31(49)29(47)26(15-45)59-39)7-12-44(56)19(2)28-25(63-44)14-24-22-6-5-20-13-21(8-10-42(20,3)23(22)9-11-43(24,28)4)58-41-37(33(51)30(48)27(16-46)60-41)61-40-36(54)32(50)34(52)38(55)62-40/h5,18-19,21-41,45-56H,6-17H2,1-4H3/t18-,19+,21?,22-,23+,24+,25?,26?,27?,28+,29-,30-,31+,32+,33+,34-,35?,36?,37?,38?,39-,40-,41-,42+,43+,44?/m1/s1. The van der Waals surface area contributed by atoms with E-state index in [0.29, 0.717) is 43.4 Å². The number of hydrogen-bond donors (Lipinski definition) is 12. The van der Waals surface area contributed by atoms with E-state index in [1.807, 2.05) is 6.92 Å². The van der Waals surface area contributed by atoms with Gasteiger partial charge in [0.25, 0.3) is 0 Å². The first-order chi connectivity index (χ1) is 29.8. The Morgan fingerprint density at radius 3 is 2.10 bits per heavy atom. The summed E-state index contributed by atoms with van der Waals surface area (Å²) in [6, 6.07) is 0. The molecule has 0 spiro atoms. The molecule has 0 bridgehead atoms. The van der Waals surface area contributed by atoms with Crippen LogP contribution in [0.5, 0.6) is 0 Å². The van der Waals surface area contributed by atoms with Crippen molar-refractivity contribution in [3.05, 3.63) is 11.6 Å². The van der Waals surface area contributed by atoms with Crippen LogP contribution < -0.4 is 0 Å². The Balaban J connectivity index is 0.885. The number of fused-ring (bicyclic) bond motifs is 7. The Morgan fingerprint density at radius 2 is 1.40 bits per heavy atom. The van der Waals surface area contributed by atoms with Gasteiger partial charge in [-0.3, -0.25) is 0 Å². The van der Waals surface area contributed by atoms with E-state index in [9.17, 15) is 61.3 Å². The molecule has 362 valence electrons. The zero-order valence-electron chi connectivity index (χ0n) is 36.6. The van der Waals surface area contributed by atoms with Crippen molar-refractivity contribution in [2.75, 3.05) is 19.8 Å². The molecule has 7 fully saturated rings. The van der Waals surface area contributed by atoms with E-state index in [0.717, 1.165) is 32.1 Å². The maximum Gasteiger partial charge on any atom is 0.189 e. The van der Waals surface area contributed by atoms with Crippen LogP contribution >= 0.6 is 0 Å². The Bertz CT molecular complexity index is 1610. The zero-order chi connectivity index (χ0) is 45.5. The third-order valence-electron chi connectivity index (χ3n) is 17.1. The Kier molecular flexibility index (Phi) is 14.2. The minimum absolute atomic E-state index is 0.0304. The van der Waals surface area contributed by atoms with Gasteiger partial charge in [-0.25, -0.2) is 0 Å². The average Bonchev–Trinajstić information content (AvgIpc) is 3.70. The molecule has 4 heterocycles. The second-order valence-electron chi connectivity index (χ2n) is 20.7. The van der Waals surface area contributed by atoms with E-state index in [1.54, 1.807) is 0 Å². The SMILES string of the molecule is C[C@H](CCC1(O)OC2C[C@H]3[C@@H]4CC=C5CC(O[C@@H]6OC(CO)[C@@H](O)[C@H](O)C6O[C@@H]6OC(O)[C@H](O)[C@H](O)C6O)CC[C@]5(C)[C@H]4CC[C@]3(C)[C@H]2[C@@H]1C)CO[C@@H]1OC(CO)[C@@H](O)[C@H](O)C1O. The summed E-state index contributed by atoms with van der Waals surface area (Å²) in [5.74, 6) is -0.0568.